The zero-order valence-corrected chi connectivity index (χ0v) is 18.3. The molecule has 0 fully saturated rings. The molecule has 1 atom stereocenters. The van der Waals surface area contributed by atoms with Gasteiger partial charge < -0.3 is 24.7 Å². The number of halogens is 1. The van der Waals surface area contributed by atoms with Crippen LogP contribution in [0.15, 0.2) is 42.5 Å². The van der Waals surface area contributed by atoms with Gasteiger partial charge in [-0.25, -0.2) is 4.79 Å². The van der Waals surface area contributed by atoms with Crippen LogP contribution in [0.1, 0.15) is 22.8 Å². The minimum atomic E-state index is -0.852. The monoisotopic (exact) mass is 465 g/mol. The molecule has 8 heteroatoms. The summed E-state index contributed by atoms with van der Waals surface area (Å²) in [5.74, 6) is 0.246. The summed E-state index contributed by atoms with van der Waals surface area (Å²) in [6.45, 7) is 1.49. The first kappa shape index (κ1) is 24.2. The minimum absolute atomic E-state index is 0. The van der Waals surface area contributed by atoms with E-state index in [9.17, 15) is 9.59 Å². The van der Waals surface area contributed by atoms with E-state index in [0.717, 1.165) is 5.56 Å². The number of carbonyl (C=O) groups is 2. The van der Waals surface area contributed by atoms with Gasteiger partial charge >= 0.3 is 5.97 Å². The maximum Gasteiger partial charge on any atom is 0.328 e. The molecular formula is C21H24BrNO6. The van der Waals surface area contributed by atoms with E-state index >= 15 is 0 Å². The molecule has 0 aliphatic heterocycles. The molecule has 2 aromatic rings. The third kappa shape index (κ3) is 6.33. The number of hydrogen-bond acceptors (Lipinski definition) is 7. The smallest absolute Gasteiger partial charge is 0.328 e. The molecule has 0 bridgehead atoms. The van der Waals surface area contributed by atoms with E-state index in [-0.39, 0.29) is 34.0 Å². The SMILES string of the molecule is Br.COc1ccc(C=CC(=O)c2c(OC)cc(OC)cc2OC(=O)[C@H](C)N)cc1. The number of carbonyl (C=O) groups excluding carboxylic acids is 2. The number of hydrogen-bond donors (Lipinski definition) is 1. The Morgan fingerprint density at radius 1 is 0.931 bits per heavy atom. The van der Waals surface area contributed by atoms with Crippen LogP contribution in [0.2, 0.25) is 0 Å². The predicted octanol–water partition coefficient (Wildman–Crippen LogP) is 3.44. The van der Waals surface area contributed by atoms with Crippen LogP contribution < -0.4 is 24.7 Å². The molecule has 0 aliphatic carbocycles. The Bertz CT molecular complexity index is 877. The summed E-state index contributed by atoms with van der Waals surface area (Å²) in [5, 5.41) is 0. The molecule has 7 nitrogen and oxygen atoms in total. The van der Waals surface area contributed by atoms with Crippen molar-refractivity contribution in [1.29, 1.82) is 0 Å². The van der Waals surface area contributed by atoms with Crippen LogP contribution in [0.5, 0.6) is 23.0 Å². The lowest BCUT2D eigenvalue weighted by atomic mass is 10.1. The standard InChI is InChI=1S/C21H23NO6.BrH/c1-13(22)21(24)28-19-12-16(26-3)11-18(27-4)20(19)17(23)10-7-14-5-8-15(25-2)9-6-14;/h5-13H,22H2,1-4H3;1H/t13-;/m0./s1. The summed E-state index contributed by atoms with van der Waals surface area (Å²) in [6, 6.07) is 9.32. The van der Waals surface area contributed by atoms with Crippen LogP contribution >= 0.6 is 17.0 Å². The highest BCUT2D eigenvalue weighted by Gasteiger charge is 2.22. The van der Waals surface area contributed by atoms with Crippen LogP contribution in [-0.4, -0.2) is 39.1 Å². The number of ketones is 1. The Labute approximate surface area is 180 Å². The number of nitrogens with two attached hydrogens (primary N) is 1. The van der Waals surface area contributed by atoms with Gasteiger partial charge in [0.2, 0.25) is 0 Å². The number of methoxy groups -OCH3 is 3. The molecule has 29 heavy (non-hydrogen) atoms. The van der Waals surface area contributed by atoms with Crippen molar-refractivity contribution in [1.82, 2.24) is 0 Å². The molecule has 0 amide bonds. The number of esters is 1. The Morgan fingerprint density at radius 3 is 2.03 bits per heavy atom. The maximum atomic E-state index is 12.8. The fraction of sp³-hybridized carbons (Fsp3) is 0.238. The Balaban J connectivity index is 0.00000420. The molecule has 0 spiro atoms. The second-order valence-electron chi connectivity index (χ2n) is 5.88. The van der Waals surface area contributed by atoms with E-state index in [1.807, 2.05) is 12.1 Å². The van der Waals surface area contributed by atoms with E-state index in [2.05, 4.69) is 0 Å². The van der Waals surface area contributed by atoms with E-state index < -0.39 is 17.8 Å². The second kappa shape index (κ2) is 11.2. The van der Waals surface area contributed by atoms with Crippen LogP contribution in [0, 0.1) is 0 Å². The fourth-order valence-corrected chi connectivity index (χ4v) is 2.34. The van der Waals surface area contributed by atoms with Crippen molar-refractivity contribution in [3.05, 3.63) is 53.6 Å². The quantitative estimate of drug-likeness (QED) is 0.276. The van der Waals surface area contributed by atoms with Gasteiger partial charge in [-0.2, -0.15) is 0 Å². The lowest BCUT2D eigenvalue weighted by molar-refractivity contribution is -0.135. The number of ether oxygens (including phenoxy) is 4. The zero-order valence-electron chi connectivity index (χ0n) is 16.6. The molecule has 0 unspecified atom stereocenters. The molecule has 2 N–H and O–H groups in total. The molecule has 0 saturated heterocycles. The molecular weight excluding hydrogens is 442 g/mol. The highest BCUT2D eigenvalue weighted by atomic mass is 79.9. The van der Waals surface area contributed by atoms with Crippen LogP contribution in [-0.2, 0) is 4.79 Å². The molecule has 2 aromatic carbocycles. The first-order chi connectivity index (χ1) is 13.4. The van der Waals surface area contributed by atoms with Gasteiger partial charge in [0.15, 0.2) is 5.78 Å². The van der Waals surface area contributed by atoms with Gasteiger partial charge in [-0.3, -0.25) is 4.79 Å². The third-order valence-corrected chi connectivity index (χ3v) is 3.87. The average Bonchev–Trinajstić information content (AvgIpc) is 2.71. The minimum Gasteiger partial charge on any atom is -0.497 e. The lowest BCUT2D eigenvalue weighted by Crippen LogP contribution is -2.31. The molecule has 0 heterocycles. The molecule has 0 radical (unpaired) electrons. The lowest BCUT2D eigenvalue weighted by Gasteiger charge is -2.15. The first-order valence-corrected chi connectivity index (χ1v) is 8.49. The van der Waals surface area contributed by atoms with E-state index in [4.69, 9.17) is 24.7 Å². The maximum absolute atomic E-state index is 12.8. The number of benzene rings is 2. The molecule has 156 valence electrons. The molecule has 0 aliphatic rings. The van der Waals surface area contributed by atoms with Crippen molar-refractivity contribution in [2.45, 2.75) is 13.0 Å². The van der Waals surface area contributed by atoms with Gasteiger partial charge in [0.05, 0.1) is 21.3 Å². The van der Waals surface area contributed by atoms with Crippen LogP contribution in [0.4, 0.5) is 0 Å². The number of allylic oxidation sites excluding steroid dienone is 1. The van der Waals surface area contributed by atoms with Crippen LogP contribution in [0.25, 0.3) is 6.08 Å². The van der Waals surface area contributed by atoms with Crippen molar-refractivity contribution in [2.24, 2.45) is 5.73 Å². The van der Waals surface area contributed by atoms with Crippen molar-refractivity contribution in [2.75, 3.05) is 21.3 Å². The normalized spacial score (nSPS) is 11.3. The van der Waals surface area contributed by atoms with Crippen LogP contribution in [0.3, 0.4) is 0 Å². The summed E-state index contributed by atoms with van der Waals surface area (Å²) >= 11 is 0. The summed E-state index contributed by atoms with van der Waals surface area (Å²) in [7, 11) is 4.45. The first-order valence-electron chi connectivity index (χ1n) is 8.49. The van der Waals surface area contributed by atoms with Crippen molar-refractivity contribution >= 4 is 34.8 Å². The highest BCUT2D eigenvalue weighted by Crippen LogP contribution is 2.35. The van der Waals surface area contributed by atoms with Gasteiger partial charge in [0.1, 0.15) is 34.6 Å². The van der Waals surface area contributed by atoms with Gasteiger partial charge in [-0.05, 0) is 30.7 Å². The Kier molecular flexibility index (Phi) is 9.37. The molecule has 2 rings (SSSR count). The van der Waals surface area contributed by atoms with Crippen molar-refractivity contribution < 1.29 is 28.5 Å². The van der Waals surface area contributed by atoms with Gasteiger partial charge in [0.25, 0.3) is 0 Å². The van der Waals surface area contributed by atoms with Gasteiger partial charge in [-0.15, -0.1) is 17.0 Å². The summed E-state index contributed by atoms with van der Waals surface area (Å²) < 4.78 is 20.9. The van der Waals surface area contributed by atoms with Crippen molar-refractivity contribution in [3.63, 3.8) is 0 Å². The third-order valence-electron chi connectivity index (χ3n) is 3.87. The predicted molar refractivity (Wildman–Crippen MR) is 116 cm³/mol. The van der Waals surface area contributed by atoms with E-state index in [1.54, 1.807) is 25.3 Å². The summed E-state index contributed by atoms with van der Waals surface area (Å²) in [4.78, 5) is 24.8. The molecule has 0 saturated carbocycles. The summed E-state index contributed by atoms with van der Waals surface area (Å²) in [5.41, 5.74) is 6.46. The molecule has 0 aromatic heterocycles. The topological polar surface area (TPSA) is 97.1 Å². The van der Waals surface area contributed by atoms with Gasteiger partial charge in [-0.1, -0.05) is 18.2 Å². The van der Waals surface area contributed by atoms with E-state index in [0.29, 0.717) is 11.5 Å². The van der Waals surface area contributed by atoms with Gasteiger partial charge in [0, 0.05) is 12.1 Å². The largest absolute Gasteiger partial charge is 0.497 e. The average molecular weight is 466 g/mol. The zero-order chi connectivity index (χ0) is 20.7. The Hall–Kier alpha value is -2.84. The Morgan fingerprint density at radius 2 is 1.52 bits per heavy atom. The second-order valence-corrected chi connectivity index (χ2v) is 5.88. The highest BCUT2D eigenvalue weighted by molar-refractivity contribution is 8.93. The number of rotatable bonds is 8. The van der Waals surface area contributed by atoms with E-state index in [1.165, 1.54) is 39.4 Å². The fourth-order valence-electron chi connectivity index (χ4n) is 2.34. The van der Waals surface area contributed by atoms with Crippen molar-refractivity contribution in [3.8, 4) is 23.0 Å². The summed E-state index contributed by atoms with van der Waals surface area (Å²) in [6.07, 6.45) is 3.01.